The number of unbranched alkanes of at least 4 members (excludes halogenated alkanes) is 7. The fraction of sp³-hybridized carbons (Fsp3) is 0.947. The van der Waals surface area contributed by atoms with Crippen molar-refractivity contribution in [3.63, 3.8) is 0 Å². The van der Waals surface area contributed by atoms with Gasteiger partial charge in [0.1, 0.15) is 0 Å². The molecule has 1 atom stereocenters. The van der Waals surface area contributed by atoms with Crippen molar-refractivity contribution in [2.24, 2.45) is 0 Å². The molecule has 2 heteroatoms. The highest BCUT2D eigenvalue weighted by molar-refractivity contribution is 5.87. The van der Waals surface area contributed by atoms with E-state index in [1.165, 1.54) is 57.8 Å². The first-order valence-corrected chi connectivity index (χ1v) is 9.43. The van der Waals surface area contributed by atoms with Crippen LogP contribution in [0.4, 0.5) is 0 Å². The normalized spacial score (nSPS) is 18.8. The first-order valence-electron chi connectivity index (χ1n) is 9.43. The van der Waals surface area contributed by atoms with Gasteiger partial charge in [0.2, 0.25) is 0 Å². The molecule has 2 nitrogen and oxygen atoms in total. The second kappa shape index (κ2) is 10.4. The lowest BCUT2D eigenvalue weighted by molar-refractivity contribution is -0.130. The van der Waals surface area contributed by atoms with Gasteiger partial charge in [-0.3, -0.25) is 9.69 Å². The lowest BCUT2D eigenvalue weighted by Gasteiger charge is -2.36. The highest BCUT2D eigenvalue weighted by Gasteiger charge is 2.37. The minimum absolute atomic E-state index is 0.183. The molecule has 21 heavy (non-hydrogen) atoms. The van der Waals surface area contributed by atoms with Crippen LogP contribution in [0, 0.1) is 0 Å². The summed E-state index contributed by atoms with van der Waals surface area (Å²) < 4.78 is 0. The molecule has 124 valence electrons. The van der Waals surface area contributed by atoms with Crippen LogP contribution in [0.5, 0.6) is 0 Å². The molecule has 0 spiro atoms. The summed E-state index contributed by atoms with van der Waals surface area (Å²) in [5.41, 5.74) is -0.183. The Kier molecular flexibility index (Phi) is 9.23. The van der Waals surface area contributed by atoms with Crippen LogP contribution in [-0.4, -0.2) is 29.3 Å². The van der Waals surface area contributed by atoms with Crippen molar-refractivity contribution in [3.8, 4) is 0 Å². The van der Waals surface area contributed by atoms with E-state index in [4.69, 9.17) is 0 Å². The van der Waals surface area contributed by atoms with Gasteiger partial charge in [-0.05, 0) is 45.7 Å². The molecule has 1 rings (SSSR count). The highest BCUT2D eigenvalue weighted by Crippen LogP contribution is 2.27. The SMILES string of the molecule is CCCCCCCCCCC(=O)C(C)(CC)N1CCCC1. The van der Waals surface area contributed by atoms with Crippen molar-refractivity contribution in [1.82, 2.24) is 4.90 Å². The van der Waals surface area contributed by atoms with Crippen LogP contribution < -0.4 is 0 Å². The molecule has 0 amide bonds. The molecule has 0 saturated carbocycles. The van der Waals surface area contributed by atoms with Crippen molar-refractivity contribution >= 4 is 5.78 Å². The molecule has 1 saturated heterocycles. The number of rotatable bonds is 12. The van der Waals surface area contributed by atoms with Gasteiger partial charge in [-0.25, -0.2) is 0 Å². The highest BCUT2D eigenvalue weighted by atomic mass is 16.1. The number of hydrogen-bond donors (Lipinski definition) is 0. The Labute approximate surface area is 132 Å². The third kappa shape index (κ3) is 6.10. The number of nitrogens with zero attached hydrogens (tertiary/aromatic N) is 1. The minimum Gasteiger partial charge on any atom is -0.298 e. The second-order valence-electron chi connectivity index (χ2n) is 6.97. The summed E-state index contributed by atoms with van der Waals surface area (Å²) >= 11 is 0. The zero-order chi connectivity index (χ0) is 15.6. The van der Waals surface area contributed by atoms with E-state index >= 15 is 0 Å². The van der Waals surface area contributed by atoms with Crippen LogP contribution in [0.15, 0.2) is 0 Å². The minimum atomic E-state index is -0.183. The Hall–Kier alpha value is -0.370. The van der Waals surface area contributed by atoms with E-state index in [0.29, 0.717) is 5.78 Å². The van der Waals surface area contributed by atoms with Crippen LogP contribution in [0.1, 0.15) is 97.8 Å². The zero-order valence-electron chi connectivity index (χ0n) is 14.8. The molecule has 1 fully saturated rings. The van der Waals surface area contributed by atoms with E-state index in [0.717, 1.165) is 32.4 Å². The lowest BCUT2D eigenvalue weighted by Crippen LogP contribution is -2.50. The zero-order valence-corrected chi connectivity index (χ0v) is 14.8. The van der Waals surface area contributed by atoms with E-state index < -0.39 is 0 Å². The molecule has 0 N–H and O–H groups in total. The fourth-order valence-corrected chi connectivity index (χ4v) is 3.50. The van der Waals surface area contributed by atoms with Crippen molar-refractivity contribution in [3.05, 3.63) is 0 Å². The Morgan fingerprint density at radius 2 is 1.43 bits per heavy atom. The molecule has 0 aromatic carbocycles. The van der Waals surface area contributed by atoms with Crippen LogP contribution in [0.2, 0.25) is 0 Å². The van der Waals surface area contributed by atoms with Gasteiger partial charge in [0.25, 0.3) is 0 Å². The molecule has 1 aliphatic heterocycles. The number of likely N-dealkylation sites (tertiary alicyclic amines) is 1. The molecule has 1 heterocycles. The van der Waals surface area contributed by atoms with Gasteiger partial charge in [-0.1, -0.05) is 58.8 Å². The largest absolute Gasteiger partial charge is 0.298 e. The summed E-state index contributed by atoms with van der Waals surface area (Å²) in [5.74, 6) is 0.484. The maximum atomic E-state index is 12.6. The summed E-state index contributed by atoms with van der Waals surface area (Å²) in [7, 11) is 0. The van der Waals surface area contributed by atoms with Crippen molar-refractivity contribution < 1.29 is 4.79 Å². The van der Waals surface area contributed by atoms with Gasteiger partial charge < -0.3 is 0 Å². The number of Topliss-reactive ketones (excluding diaryl/α,β-unsaturated/α-hetero) is 1. The van der Waals surface area contributed by atoms with Crippen molar-refractivity contribution in [2.75, 3.05) is 13.1 Å². The molecular formula is C19H37NO. The molecule has 0 aromatic rings. The van der Waals surface area contributed by atoms with Gasteiger partial charge in [0, 0.05) is 6.42 Å². The predicted octanol–water partition coefficient (Wildman–Crippen LogP) is 5.35. The third-order valence-electron chi connectivity index (χ3n) is 5.35. The smallest absolute Gasteiger partial charge is 0.152 e. The summed E-state index contributed by atoms with van der Waals surface area (Å²) in [6, 6.07) is 0. The van der Waals surface area contributed by atoms with E-state index in [9.17, 15) is 4.79 Å². The Balaban J connectivity index is 2.16. The summed E-state index contributed by atoms with van der Waals surface area (Å²) in [6.07, 6.45) is 14.7. The summed E-state index contributed by atoms with van der Waals surface area (Å²) in [4.78, 5) is 15.0. The molecule has 1 unspecified atom stereocenters. The molecule has 0 bridgehead atoms. The van der Waals surface area contributed by atoms with Gasteiger partial charge >= 0.3 is 0 Å². The van der Waals surface area contributed by atoms with E-state index in [2.05, 4.69) is 25.7 Å². The average molecular weight is 296 g/mol. The van der Waals surface area contributed by atoms with Crippen LogP contribution in [0.3, 0.4) is 0 Å². The van der Waals surface area contributed by atoms with Gasteiger partial charge in [-0.15, -0.1) is 0 Å². The topological polar surface area (TPSA) is 20.3 Å². The average Bonchev–Trinajstić information content (AvgIpc) is 3.03. The lowest BCUT2D eigenvalue weighted by atomic mass is 9.88. The van der Waals surface area contributed by atoms with Crippen LogP contribution >= 0.6 is 0 Å². The number of ketones is 1. The van der Waals surface area contributed by atoms with Gasteiger partial charge in [0.15, 0.2) is 5.78 Å². The monoisotopic (exact) mass is 295 g/mol. The van der Waals surface area contributed by atoms with E-state index in [1.807, 2.05) is 0 Å². The molecule has 0 aromatic heterocycles. The first kappa shape index (κ1) is 18.7. The van der Waals surface area contributed by atoms with E-state index in [1.54, 1.807) is 0 Å². The molecule has 0 aliphatic carbocycles. The Bertz CT molecular complexity index is 283. The summed E-state index contributed by atoms with van der Waals surface area (Å²) in [5, 5.41) is 0. The maximum absolute atomic E-state index is 12.6. The molecule has 1 aliphatic rings. The number of hydrogen-bond acceptors (Lipinski definition) is 2. The van der Waals surface area contributed by atoms with Crippen LogP contribution in [0.25, 0.3) is 0 Å². The second-order valence-corrected chi connectivity index (χ2v) is 6.97. The number of carbonyl (C=O) groups excluding carboxylic acids is 1. The van der Waals surface area contributed by atoms with Crippen LogP contribution in [-0.2, 0) is 4.79 Å². The van der Waals surface area contributed by atoms with Gasteiger partial charge in [0.05, 0.1) is 5.54 Å². The third-order valence-corrected chi connectivity index (χ3v) is 5.35. The predicted molar refractivity (Wildman–Crippen MR) is 91.7 cm³/mol. The van der Waals surface area contributed by atoms with Gasteiger partial charge in [-0.2, -0.15) is 0 Å². The van der Waals surface area contributed by atoms with Crippen molar-refractivity contribution in [1.29, 1.82) is 0 Å². The van der Waals surface area contributed by atoms with Crippen molar-refractivity contribution in [2.45, 2.75) is 103 Å². The molecule has 0 radical (unpaired) electrons. The summed E-state index contributed by atoms with van der Waals surface area (Å²) in [6.45, 7) is 8.84. The quantitative estimate of drug-likeness (QED) is 0.452. The van der Waals surface area contributed by atoms with E-state index in [-0.39, 0.29) is 5.54 Å². The first-order chi connectivity index (χ1) is 10.1. The number of carbonyl (C=O) groups is 1. The maximum Gasteiger partial charge on any atom is 0.152 e. The Morgan fingerprint density at radius 3 is 1.95 bits per heavy atom. The fourth-order valence-electron chi connectivity index (χ4n) is 3.50. The standard InChI is InChI=1S/C19H37NO/c1-4-6-7-8-9-10-11-12-15-18(21)19(3,5-2)20-16-13-14-17-20/h4-17H2,1-3H3. The Morgan fingerprint density at radius 1 is 0.905 bits per heavy atom. The molecular weight excluding hydrogens is 258 g/mol.